The second kappa shape index (κ2) is 51.1. The summed E-state index contributed by atoms with van der Waals surface area (Å²) in [6.07, 6.45) is 46.2. The molecule has 0 spiro atoms. The van der Waals surface area contributed by atoms with Crippen LogP contribution in [0.5, 0.6) is 0 Å². The molecular formula is C71H113NO18. The lowest BCUT2D eigenvalue weighted by molar-refractivity contribution is -0.379. The first-order valence-corrected chi connectivity index (χ1v) is 33.1. The van der Waals surface area contributed by atoms with Gasteiger partial charge in [0.15, 0.2) is 18.9 Å². The highest BCUT2D eigenvalue weighted by Gasteiger charge is 2.53. The zero-order chi connectivity index (χ0) is 65.4. The minimum absolute atomic E-state index is 0.209. The normalized spacial score (nSPS) is 29.0. The summed E-state index contributed by atoms with van der Waals surface area (Å²) < 4.78 is 34.1. The summed E-state index contributed by atoms with van der Waals surface area (Å²) in [4.78, 5) is 13.3. The van der Waals surface area contributed by atoms with E-state index in [4.69, 9.17) is 28.4 Å². The minimum atomic E-state index is -1.99. The molecule has 19 nitrogen and oxygen atoms in total. The summed E-state index contributed by atoms with van der Waals surface area (Å²) in [5.74, 6) is -0.309. The number of aliphatic hydroxyl groups is 11. The lowest BCUT2D eigenvalue weighted by Crippen LogP contribution is -2.66. The Labute approximate surface area is 536 Å². The molecule has 17 unspecified atom stereocenters. The predicted octanol–water partition coefficient (Wildman–Crippen LogP) is 7.98. The summed E-state index contributed by atoms with van der Waals surface area (Å²) in [6, 6.07) is -0.991. The standard InChI is InChI=1S/C71H113NO18/c1-3-5-7-9-11-12-13-14-15-16-17-18-19-20-21-22-23-24-25-26-27-28-29-30-31-32-33-34-35-36-37-38-39-40-41-42-43-45-47-49-59(77)72-54(55(76)48-46-44-10-8-6-4-2)53-85-69-65(83)62(80)67(57(51-74)87-69)90-71-66(84)63(81)68(58(52-75)88-71)89-70-64(82)61(79)60(78)56(50-73)86-70/h5,7,11-12,14-15,17-18,20-21,23-24,26-27,29-30,32-33,35-36,38-39,46,48,54-58,60-71,73-76,78-84H,3-4,6,8-10,13,16,19,22,25,28,31,34,37,40-45,47,49-53H2,1-2H3,(H,72,77)/b7-5-,12-11-,15-14-,18-17-,21-20-,24-23-,27-26-,30-29-,33-32-,36-35-,39-38-,48-46+. The molecule has 0 saturated carbocycles. The van der Waals surface area contributed by atoms with Gasteiger partial charge in [0, 0.05) is 6.42 Å². The number of ether oxygens (including phenoxy) is 6. The van der Waals surface area contributed by atoms with Crippen molar-refractivity contribution in [3.05, 3.63) is 146 Å². The minimum Gasteiger partial charge on any atom is -0.394 e. The molecule has 0 aliphatic carbocycles. The van der Waals surface area contributed by atoms with E-state index in [9.17, 15) is 61.0 Å². The Morgan fingerprint density at radius 1 is 0.411 bits per heavy atom. The average Bonchev–Trinajstić information content (AvgIpc) is 1.11. The molecule has 0 bridgehead atoms. The van der Waals surface area contributed by atoms with E-state index in [1.807, 2.05) is 6.08 Å². The van der Waals surface area contributed by atoms with Crippen LogP contribution < -0.4 is 5.32 Å². The SMILES string of the molecule is CC/C=C\C/C=C\C/C=C\C/C=C\C/C=C\C/C=C\C/C=C\C/C=C\C/C=C\C/C=C\C/C=C\CCCCCCCC(=O)NC(COC1OC(CO)C(OC2OC(CO)C(OC3OC(CO)C(O)C(O)C3O)C(O)C2O)C(O)C1O)C(O)/C=C/CCCCCC. The van der Waals surface area contributed by atoms with Crippen molar-refractivity contribution >= 4 is 5.91 Å². The van der Waals surface area contributed by atoms with Gasteiger partial charge in [-0.25, -0.2) is 0 Å². The van der Waals surface area contributed by atoms with E-state index in [0.717, 1.165) is 128 Å². The van der Waals surface area contributed by atoms with Gasteiger partial charge in [0.2, 0.25) is 5.91 Å². The molecule has 90 heavy (non-hydrogen) atoms. The van der Waals surface area contributed by atoms with Gasteiger partial charge in [-0.05, 0) is 103 Å². The van der Waals surface area contributed by atoms with E-state index in [0.29, 0.717) is 12.8 Å². The molecule has 0 aromatic heterocycles. The molecule has 3 heterocycles. The number of unbranched alkanes of at least 4 members (excludes halogenated alkanes) is 9. The lowest BCUT2D eigenvalue weighted by Gasteiger charge is -2.48. The molecule has 12 N–H and O–H groups in total. The number of rotatable bonds is 47. The first-order chi connectivity index (χ1) is 43.8. The van der Waals surface area contributed by atoms with Crippen LogP contribution in [0.1, 0.15) is 162 Å². The van der Waals surface area contributed by atoms with Crippen LogP contribution in [0.25, 0.3) is 0 Å². The third-order valence-corrected chi connectivity index (χ3v) is 15.4. The third kappa shape index (κ3) is 33.0. The summed E-state index contributed by atoms with van der Waals surface area (Å²) in [7, 11) is 0. The van der Waals surface area contributed by atoms with Crippen molar-refractivity contribution in [3.8, 4) is 0 Å². The van der Waals surface area contributed by atoms with Crippen LogP contribution in [0.2, 0.25) is 0 Å². The number of nitrogens with one attached hydrogen (secondary N) is 1. The van der Waals surface area contributed by atoms with Gasteiger partial charge in [0.1, 0.15) is 73.2 Å². The zero-order valence-electron chi connectivity index (χ0n) is 53.5. The average molecular weight is 1270 g/mol. The quantitative estimate of drug-likeness (QED) is 0.0203. The largest absolute Gasteiger partial charge is 0.394 e. The zero-order valence-corrected chi connectivity index (χ0v) is 53.5. The van der Waals surface area contributed by atoms with Crippen molar-refractivity contribution in [2.45, 2.75) is 266 Å². The highest BCUT2D eigenvalue weighted by molar-refractivity contribution is 5.76. The van der Waals surface area contributed by atoms with Gasteiger partial charge in [-0.1, -0.05) is 198 Å². The second-order valence-corrected chi connectivity index (χ2v) is 22.8. The molecule has 3 aliphatic heterocycles. The van der Waals surface area contributed by atoms with Crippen molar-refractivity contribution in [2.24, 2.45) is 0 Å². The predicted molar refractivity (Wildman–Crippen MR) is 350 cm³/mol. The van der Waals surface area contributed by atoms with Crippen molar-refractivity contribution in [1.29, 1.82) is 0 Å². The number of hydrogen-bond donors (Lipinski definition) is 12. The highest BCUT2D eigenvalue weighted by atomic mass is 16.8. The van der Waals surface area contributed by atoms with Crippen LogP contribution in [-0.2, 0) is 33.2 Å². The number of allylic oxidation sites excluding steroid dienone is 23. The van der Waals surface area contributed by atoms with Crippen LogP contribution in [0.3, 0.4) is 0 Å². The number of carbonyl (C=O) groups excluding carboxylic acids is 1. The van der Waals surface area contributed by atoms with Gasteiger partial charge in [-0.15, -0.1) is 0 Å². The van der Waals surface area contributed by atoms with Crippen LogP contribution in [0, 0.1) is 0 Å². The number of aliphatic hydroxyl groups excluding tert-OH is 11. The van der Waals surface area contributed by atoms with E-state index in [1.165, 1.54) is 0 Å². The van der Waals surface area contributed by atoms with Gasteiger partial charge in [0.25, 0.3) is 0 Å². The second-order valence-electron chi connectivity index (χ2n) is 22.8. The van der Waals surface area contributed by atoms with Gasteiger partial charge < -0.3 is 89.9 Å². The first-order valence-electron chi connectivity index (χ1n) is 33.1. The van der Waals surface area contributed by atoms with Crippen LogP contribution in [0.4, 0.5) is 0 Å². The molecular weight excluding hydrogens is 1150 g/mol. The van der Waals surface area contributed by atoms with Crippen molar-refractivity contribution in [3.63, 3.8) is 0 Å². The molecule has 3 rings (SSSR count). The molecule has 3 aliphatic rings. The molecule has 19 heteroatoms. The fourth-order valence-corrected chi connectivity index (χ4v) is 10.0. The molecule has 510 valence electrons. The van der Waals surface area contributed by atoms with Crippen molar-refractivity contribution < 1.29 is 89.4 Å². The maximum atomic E-state index is 13.3. The Morgan fingerprint density at radius 3 is 1.20 bits per heavy atom. The van der Waals surface area contributed by atoms with Crippen molar-refractivity contribution in [1.82, 2.24) is 5.32 Å². The Morgan fingerprint density at radius 2 is 0.767 bits per heavy atom. The van der Waals surface area contributed by atoms with Crippen LogP contribution in [0.15, 0.2) is 146 Å². The Hall–Kier alpha value is -4.33. The molecule has 0 radical (unpaired) electrons. The maximum absolute atomic E-state index is 13.3. The summed E-state index contributed by atoms with van der Waals surface area (Å²) in [6.45, 7) is 1.45. The topological polar surface area (TPSA) is 307 Å². The van der Waals surface area contributed by atoms with Crippen LogP contribution >= 0.6 is 0 Å². The molecule has 1 amide bonds. The van der Waals surface area contributed by atoms with Gasteiger partial charge in [-0.2, -0.15) is 0 Å². The maximum Gasteiger partial charge on any atom is 0.220 e. The molecule has 0 aromatic rings. The van der Waals surface area contributed by atoms with Crippen molar-refractivity contribution in [2.75, 3.05) is 26.4 Å². The Bertz CT molecular complexity index is 2200. The summed E-state index contributed by atoms with van der Waals surface area (Å²) in [5, 5.41) is 120. The molecule has 3 saturated heterocycles. The fraction of sp³-hybridized carbons (Fsp3) is 0.648. The van der Waals surface area contributed by atoms with Crippen LogP contribution in [-0.4, -0.2) is 193 Å². The molecule has 3 fully saturated rings. The van der Waals surface area contributed by atoms with Gasteiger partial charge in [-0.3, -0.25) is 4.79 Å². The fourth-order valence-electron chi connectivity index (χ4n) is 10.0. The van der Waals surface area contributed by atoms with Gasteiger partial charge >= 0.3 is 0 Å². The molecule has 17 atom stereocenters. The summed E-state index contributed by atoms with van der Waals surface area (Å²) >= 11 is 0. The Balaban J connectivity index is 1.31. The number of amides is 1. The number of hydrogen-bond acceptors (Lipinski definition) is 18. The van der Waals surface area contributed by atoms with E-state index < -0.39 is 124 Å². The molecule has 0 aromatic carbocycles. The smallest absolute Gasteiger partial charge is 0.220 e. The van der Waals surface area contributed by atoms with E-state index in [1.54, 1.807) is 6.08 Å². The first kappa shape index (κ1) is 79.9. The Kier molecular flexibility index (Phi) is 45.4. The highest BCUT2D eigenvalue weighted by Crippen LogP contribution is 2.33. The monoisotopic (exact) mass is 1270 g/mol. The lowest BCUT2D eigenvalue weighted by atomic mass is 9.96. The van der Waals surface area contributed by atoms with E-state index >= 15 is 0 Å². The van der Waals surface area contributed by atoms with Gasteiger partial charge in [0.05, 0.1) is 38.6 Å². The summed E-state index contributed by atoms with van der Waals surface area (Å²) in [5.41, 5.74) is 0. The van der Waals surface area contributed by atoms with E-state index in [2.05, 4.69) is 153 Å². The third-order valence-electron chi connectivity index (χ3n) is 15.4. The van der Waals surface area contributed by atoms with E-state index in [-0.39, 0.29) is 18.9 Å². The number of carbonyl (C=O) groups is 1.